The van der Waals surface area contributed by atoms with Gasteiger partial charge in [0, 0.05) is 12.2 Å². The molecule has 1 saturated heterocycles. The first-order chi connectivity index (χ1) is 11.9. The Balaban J connectivity index is 1.66. The van der Waals surface area contributed by atoms with E-state index in [1.54, 1.807) is 25.1 Å². The third-order valence-corrected chi connectivity index (χ3v) is 5.48. The average Bonchev–Trinajstić information content (AvgIpc) is 2.95. The lowest BCUT2D eigenvalue weighted by Crippen LogP contribution is -2.34. The second kappa shape index (κ2) is 6.81. The Morgan fingerprint density at radius 2 is 1.88 bits per heavy atom. The van der Waals surface area contributed by atoms with E-state index in [1.807, 2.05) is 0 Å². The molecule has 6 nitrogen and oxygen atoms in total. The van der Waals surface area contributed by atoms with Crippen LogP contribution in [0.15, 0.2) is 53.4 Å². The van der Waals surface area contributed by atoms with Crippen LogP contribution in [-0.2, 0) is 14.8 Å². The molecule has 132 valence electrons. The maximum Gasteiger partial charge on any atom is 0.414 e. The fraction of sp³-hybridized carbons (Fsp3) is 0.235. The number of hydrogen-bond donors (Lipinski definition) is 1. The summed E-state index contributed by atoms with van der Waals surface area (Å²) in [6.07, 6.45) is -1.22. The molecule has 0 spiro atoms. The van der Waals surface area contributed by atoms with Crippen molar-refractivity contribution in [2.45, 2.75) is 17.9 Å². The molecule has 1 fully saturated rings. The summed E-state index contributed by atoms with van der Waals surface area (Å²) in [5.74, 6) is -0.404. The molecule has 1 aliphatic rings. The molecular weight excluding hydrogens is 347 g/mol. The van der Waals surface area contributed by atoms with E-state index in [4.69, 9.17) is 4.74 Å². The minimum absolute atomic E-state index is 0.0416. The maximum absolute atomic E-state index is 13.0. The molecule has 25 heavy (non-hydrogen) atoms. The van der Waals surface area contributed by atoms with Crippen LogP contribution < -0.4 is 9.62 Å². The van der Waals surface area contributed by atoms with Gasteiger partial charge in [0.1, 0.15) is 11.9 Å². The van der Waals surface area contributed by atoms with Crippen molar-refractivity contribution in [1.82, 2.24) is 4.72 Å². The summed E-state index contributed by atoms with van der Waals surface area (Å²) in [6.45, 7) is 1.85. The van der Waals surface area contributed by atoms with Crippen LogP contribution in [0.2, 0.25) is 0 Å². The van der Waals surface area contributed by atoms with Crippen LogP contribution in [0.25, 0.3) is 0 Å². The van der Waals surface area contributed by atoms with E-state index in [2.05, 4.69) is 4.72 Å². The number of nitrogens with one attached hydrogen (secondary N) is 1. The number of cyclic esters (lactones) is 1. The van der Waals surface area contributed by atoms with Crippen molar-refractivity contribution >= 4 is 21.8 Å². The van der Waals surface area contributed by atoms with Gasteiger partial charge < -0.3 is 4.74 Å². The highest BCUT2D eigenvalue weighted by Gasteiger charge is 2.33. The van der Waals surface area contributed by atoms with Gasteiger partial charge >= 0.3 is 6.09 Å². The molecule has 3 rings (SSSR count). The second-order valence-corrected chi connectivity index (χ2v) is 7.45. The number of sulfonamides is 1. The normalized spacial score (nSPS) is 17.6. The number of benzene rings is 2. The lowest BCUT2D eigenvalue weighted by molar-refractivity contribution is 0.143. The summed E-state index contributed by atoms with van der Waals surface area (Å²) in [5, 5.41) is 0. The van der Waals surface area contributed by atoms with Gasteiger partial charge in [-0.1, -0.05) is 18.2 Å². The summed E-state index contributed by atoms with van der Waals surface area (Å²) in [7, 11) is -3.69. The van der Waals surface area contributed by atoms with E-state index in [1.165, 1.54) is 35.2 Å². The summed E-state index contributed by atoms with van der Waals surface area (Å²) < 4.78 is 45.4. The largest absolute Gasteiger partial charge is 0.443 e. The van der Waals surface area contributed by atoms with Crippen molar-refractivity contribution in [3.63, 3.8) is 0 Å². The minimum atomic E-state index is -3.69. The number of halogens is 1. The Morgan fingerprint density at radius 3 is 2.56 bits per heavy atom. The van der Waals surface area contributed by atoms with Gasteiger partial charge in [-0.25, -0.2) is 22.3 Å². The van der Waals surface area contributed by atoms with E-state index in [9.17, 15) is 17.6 Å². The first-order valence-electron chi connectivity index (χ1n) is 7.66. The standard InChI is InChI=1S/C17H17FN2O4S/c1-12-4-2-3-5-16(12)25(22,23)19-10-15-11-20(17(21)24-15)14-8-6-13(18)7-9-14/h2-9,15,19H,10-11H2,1H3. The number of nitrogens with zero attached hydrogens (tertiary/aromatic N) is 1. The van der Waals surface area contributed by atoms with E-state index >= 15 is 0 Å². The quantitative estimate of drug-likeness (QED) is 0.884. The fourth-order valence-electron chi connectivity index (χ4n) is 2.60. The van der Waals surface area contributed by atoms with Crippen LogP contribution in [0.5, 0.6) is 0 Å². The van der Waals surface area contributed by atoms with E-state index in [-0.39, 0.29) is 18.0 Å². The molecular formula is C17H17FN2O4S. The van der Waals surface area contributed by atoms with Crippen LogP contribution in [-0.4, -0.2) is 33.7 Å². The molecule has 1 amide bonds. The Labute approximate surface area is 145 Å². The van der Waals surface area contributed by atoms with Crippen molar-refractivity contribution in [1.29, 1.82) is 0 Å². The van der Waals surface area contributed by atoms with E-state index in [0.29, 0.717) is 11.3 Å². The fourth-order valence-corrected chi connectivity index (χ4v) is 3.91. The molecule has 0 saturated carbocycles. The van der Waals surface area contributed by atoms with Crippen molar-refractivity contribution < 1.29 is 22.3 Å². The molecule has 0 bridgehead atoms. The summed E-state index contributed by atoms with van der Waals surface area (Å²) in [6, 6.07) is 12.1. The summed E-state index contributed by atoms with van der Waals surface area (Å²) in [5.41, 5.74) is 1.13. The topological polar surface area (TPSA) is 75.7 Å². The van der Waals surface area contributed by atoms with Crippen molar-refractivity contribution in [3.05, 3.63) is 59.9 Å². The number of ether oxygens (including phenoxy) is 1. The van der Waals surface area contributed by atoms with Gasteiger partial charge in [0.2, 0.25) is 10.0 Å². The number of carbonyl (C=O) groups is 1. The number of carbonyl (C=O) groups excluding carboxylic acids is 1. The summed E-state index contributed by atoms with van der Waals surface area (Å²) >= 11 is 0. The van der Waals surface area contributed by atoms with Gasteiger partial charge in [-0.2, -0.15) is 0 Å². The molecule has 8 heteroatoms. The van der Waals surface area contributed by atoms with Crippen LogP contribution >= 0.6 is 0 Å². The predicted molar refractivity (Wildman–Crippen MR) is 90.4 cm³/mol. The molecule has 1 atom stereocenters. The lowest BCUT2D eigenvalue weighted by atomic mass is 10.2. The van der Waals surface area contributed by atoms with Crippen LogP contribution in [0.4, 0.5) is 14.9 Å². The molecule has 2 aromatic rings. The average molecular weight is 364 g/mol. The summed E-state index contributed by atoms with van der Waals surface area (Å²) in [4.78, 5) is 13.5. The zero-order valence-electron chi connectivity index (χ0n) is 13.5. The number of rotatable bonds is 5. The highest BCUT2D eigenvalue weighted by molar-refractivity contribution is 7.89. The Kier molecular flexibility index (Phi) is 4.73. The minimum Gasteiger partial charge on any atom is -0.443 e. The first kappa shape index (κ1) is 17.4. The Morgan fingerprint density at radius 1 is 1.20 bits per heavy atom. The molecule has 2 aromatic carbocycles. The smallest absolute Gasteiger partial charge is 0.414 e. The molecule has 1 unspecified atom stereocenters. The molecule has 1 N–H and O–H groups in total. The van der Waals surface area contributed by atoms with Gasteiger partial charge in [0.05, 0.1) is 11.4 Å². The van der Waals surface area contributed by atoms with Crippen LogP contribution in [0.1, 0.15) is 5.56 Å². The Hall–Kier alpha value is -2.45. The number of anilines is 1. The first-order valence-corrected chi connectivity index (χ1v) is 9.14. The van der Waals surface area contributed by atoms with E-state index in [0.717, 1.165) is 0 Å². The molecule has 1 heterocycles. The van der Waals surface area contributed by atoms with Gasteiger partial charge in [0.15, 0.2) is 0 Å². The second-order valence-electron chi connectivity index (χ2n) is 5.71. The van der Waals surface area contributed by atoms with Crippen molar-refractivity contribution in [2.75, 3.05) is 18.0 Å². The van der Waals surface area contributed by atoms with Crippen LogP contribution in [0, 0.1) is 12.7 Å². The molecule has 0 radical (unpaired) electrons. The number of aryl methyl sites for hydroxylation is 1. The van der Waals surface area contributed by atoms with Crippen molar-refractivity contribution in [2.24, 2.45) is 0 Å². The van der Waals surface area contributed by atoms with Crippen LogP contribution in [0.3, 0.4) is 0 Å². The third kappa shape index (κ3) is 3.80. The van der Waals surface area contributed by atoms with E-state index < -0.39 is 28.0 Å². The molecule has 1 aliphatic heterocycles. The van der Waals surface area contributed by atoms with Gasteiger partial charge in [-0.05, 0) is 42.8 Å². The van der Waals surface area contributed by atoms with Gasteiger partial charge in [-0.15, -0.1) is 0 Å². The lowest BCUT2D eigenvalue weighted by Gasteiger charge is -2.13. The Bertz CT molecular complexity index is 884. The molecule has 0 aromatic heterocycles. The zero-order valence-corrected chi connectivity index (χ0v) is 14.3. The highest BCUT2D eigenvalue weighted by atomic mass is 32.2. The number of amides is 1. The maximum atomic E-state index is 13.0. The van der Waals surface area contributed by atoms with Crippen molar-refractivity contribution in [3.8, 4) is 0 Å². The zero-order chi connectivity index (χ0) is 18.0. The SMILES string of the molecule is Cc1ccccc1S(=O)(=O)NCC1CN(c2ccc(F)cc2)C(=O)O1. The van der Waals surface area contributed by atoms with Gasteiger partial charge in [0.25, 0.3) is 0 Å². The third-order valence-electron chi connectivity index (χ3n) is 3.90. The molecule has 0 aliphatic carbocycles. The van der Waals surface area contributed by atoms with Gasteiger partial charge in [-0.3, -0.25) is 4.90 Å². The monoisotopic (exact) mass is 364 g/mol. The highest BCUT2D eigenvalue weighted by Crippen LogP contribution is 2.22. The predicted octanol–water partition coefficient (Wildman–Crippen LogP) is 2.44. The number of hydrogen-bond acceptors (Lipinski definition) is 4.